The lowest BCUT2D eigenvalue weighted by Gasteiger charge is -2.35. The van der Waals surface area contributed by atoms with E-state index in [1.165, 1.54) is 12.8 Å². The van der Waals surface area contributed by atoms with E-state index in [-0.39, 0.29) is 6.03 Å². The van der Waals surface area contributed by atoms with Gasteiger partial charge in [0.05, 0.1) is 18.6 Å². The van der Waals surface area contributed by atoms with Gasteiger partial charge in [-0.15, -0.1) is 0 Å². The second-order valence-corrected chi connectivity index (χ2v) is 5.71. The maximum Gasteiger partial charge on any atom is 0.317 e. The van der Waals surface area contributed by atoms with Gasteiger partial charge in [-0.05, 0) is 18.9 Å². The predicted octanol–water partition coefficient (Wildman–Crippen LogP) is 1.29. The Morgan fingerprint density at radius 1 is 1.33 bits per heavy atom. The van der Waals surface area contributed by atoms with Gasteiger partial charge in [0, 0.05) is 51.4 Å². The molecule has 6 nitrogen and oxygen atoms in total. The summed E-state index contributed by atoms with van der Waals surface area (Å²) in [5.74, 6) is 0. The first-order chi connectivity index (χ1) is 10.3. The lowest BCUT2D eigenvalue weighted by Crippen LogP contribution is -2.52. The van der Waals surface area contributed by atoms with Gasteiger partial charge in [-0.3, -0.25) is 4.90 Å². The topological polar surface area (TPSA) is 58.0 Å². The average molecular weight is 293 g/mol. The molecule has 0 bridgehead atoms. The number of rotatable bonds is 4. The highest BCUT2D eigenvalue weighted by Gasteiger charge is 2.24. The Kier molecular flexibility index (Phi) is 4.77. The zero-order valence-electron chi connectivity index (χ0n) is 12.3. The molecule has 3 heterocycles. The highest BCUT2D eigenvalue weighted by Crippen LogP contribution is 2.14. The van der Waals surface area contributed by atoms with Crippen molar-refractivity contribution in [1.82, 2.24) is 15.1 Å². The fourth-order valence-electron chi connectivity index (χ4n) is 2.89. The van der Waals surface area contributed by atoms with Gasteiger partial charge in [0.25, 0.3) is 0 Å². The Hall–Kier alpha value is -1.53. The van der Waals surface area contributed by atoms with Crippen LogP contribution in [0.3, 0.4) is 0 Å². The monoisotopic (exact) mass is 293 g/mol. The van der Waals surface area contributed by atoms with Gasteiger partial charge in [0.15, 0.2) is 0 Å². The summed E-state index contributed by atoms with van der Waals surface area (Å²) in [7, 11) is 0. The van der Waals surface area contributed by atoms with Gasteiger partial charge in [0.2, 0.25) is 0 Å². The molecule has 6 heteroatoms. The van der Waals surface area contributed by atoms with E-state index < -0.39 is 0 Å². The van der Waals surface area contributed by atoms with E-state index in [1.54, 1.807) is 12.5 Å². The number of carbonyl (C=O) groups is 1. The third-order valence-corrected chi connectivity index (χ3v) is 4.17. The van der Waals surface area contributed by atoms with Crippen LogP contribution >= 0.6 is 0 Å². The van der Waals surface area contributed by atoms with Crippen molar-refractivity contribution >= 4 is 6.03 Å². The predicted molar refractivity (Wildman–Crippen MR) is 77.9 cm³/mol. The third-order valence-electron chi connectivity index (χ3n) is 4.17. The minimum Gasteiger partial charge on any atom is -0.472 e. The normalized spacial score (nSPS) is 23.4. The fourth-order valence-corrected chi connectivity index (χ4v) is 2.89. The minimum atomic E-state index is 0.00738. The molecule has 3 rings (SSSR count). The van der Waals surface area contributed by atoms with Crippen molar-refractivity contribution in [1.29, 1.82) is 0 Å². The summed E-state index contributed by atoms with van der Waals surface area (Å²) >= 11 is 0. The zero-order valence-corrected chi connectivity index (χ0v) is 12.3. The Morgan fingerprint density at radius 3 is 2.86 bits per heavy atom. The average Bonchev–Trinajstić information content (AvgIpc) is 3.19. The van der Waals surface area contributed by atoms with E-state index in [4.69, 9.17) is 9.15 Å². The van der Waals surface area contributed by atoms with E-state index in [2.05, 4.69) is 10.2 Å². The maximum atomic E-state index is 12.1. The van der Waals surface area contributed by atoms with E-state index >= 15 is 0 Å². The van der Waals surface area contributed by atoms with Crippen LogP contribution in [0.1, 0.15) is 18.4 Å². The summed E-state index contributed by atoms with van der Waals surface area (Å²) in [4.78, 5) is 16.4. The molecule has 1 aromatic rings. The van der Waals surface area contributed by atoms with Crippen LogP contribution in [0.25, 0.3) is 0 Å². The summed E-state index contributed by atoms with van der Waals surface area (Å²) in [5, 5.41) is 2.93. The maximum absolute atomic E-state index is 12.1. The van der Waals surface area contributed by atoms with Crippen LogP contribution in [-0.4, -0.2) is 61.3 Å². The molecule has 1 atom stereocenters. The second kappa shape index (κ2) is 6.95. The Labute approximate surface area is 125 Å². The fraction of sp³-hybridized carbons (Fsp3) is 0.667. The van der Waals surface area contributed by atoms with Crippen LogP contribution in [0.2, 0.25) is 0 Å². The Balaban J connectivity index is 1.37. The number of urea groups is 1. The first-order valence-electron chi connectivity index (χ1n) is 7.69. The van der Waals surface area contributed by atoms with Crippen LogP contribution in [0.15, 0.2) is 23.0 Å². The largest absolute Gasteiger partial charge is 0.472 e. The van der Waals surface area contributed by atoms with Gasteiger partial charge in [-0.25, -0.2) is 4.79 Å². The summed E-state index contributed by atoms with van der Waals surface area (Å²) in [6.45, 7) is 5.85. The van der Waals surface area contributed by atoms with Crippen LogP contribution in [0.4, 0.5) is 4.79 Å². The molecule has 116 valence electrons. The van der Waals surface area contributed by atoms with Gasteiger partial charge in [-0.2, -0.15) is 0 Å². The van der Waals surface area contributed by atoms with E-state index in [0.717, 1.165) is 44.9 Å². The van der Waals surface area contributed by atoms with Gasteiger partial charge in [-0.1, -0.05) is 0 Å². The molecule has 21 heavy (non-hydrogen) atoms. The highest BCUT2D eigenvalue weighted by atomic mass is 16.5. The van der Waals surface area contributed by atoms with Gasteiger partial charge >= 0.3 is 6.03 Å². The number of ether oxygens (including phenoxy) is 1. The summed E-state index contributed by atoms with van der Waals surface area (Å²) < 4.78 is 10.7. The molecular formula is C15H23N3O3. The third kappa shape index (κ3) is 3.98. The zero-order chi connectivity index (χ0) is 14.5. The lowest BCUT2D eigenvalue weighted by atomic mass is 10.2. The number of piperazine rings is 1. The molecule has 2 saturated heterocycles. The van der Waals surface area contributed by atoms with Crippen molar-refractivity contribution in [3.8, 4) is 0 Å². The minimum absolute atomic E-state index is 0.00738. The molecule has 0 aromatic carbocycles. The molecule has 2 aliphatic heterocycles. The van der Waals surface area contributed by atoms with Crippen LogP contribution in [0, 0.1) is 0 Å². The molecule has 0 saturated carbocycles. The van der Waals surface area contributed by atoms with Crippen molar-refractivity contribution in [3.63, 3.8) is 0 Å². The molecule has 0 spiro atoms. The molecule has 0 unspecified atom stereocenters. The van der Waals surface area contributed by atoms with Crippen LogP contribution < -0.4 is 5.32 Å². The highest BCUT2D eigenvalue weighted by molar-refractivity contribution is 5.74. The van der Waals surface area contributed by atoms with Crippen LogP contribution in [0.5, 0.6) is 0 Å². The molecular weight excluding hydrogens is 270 g/mol. The number of nitrogens with zero attached hydrogens (tertiary/aromatic N) is 2. The Bertz CT molecular complexity index is 435. The second-order valence-electron chi connectivity index (χ2n) is 5.71. The molecule has 0 radical (unpaired) electrons. The van der Waals surface area contributed by atoms with Crippen molar-refractivity contribution in [3.05, 3.63) is 24.2 Å². The van der Waals surface area contributed by atoms with Crippen molar-refractivity contribution in [2.45, 2.75) is 25.5 Å². The van der Waals surface area contributed by atoms with Gasteiger partial charge in [0.1, 0.15) is 0 Å². The van der Waals surface area contributed by atoms with E-state index in [9.17, 15) is 4.79 Å². The standard InChI is InChI=1S/C15H23N3O3/c19-15(16-10-13-3-9-20-12-13)18-6-4-17(5-7-18)11-14-2-1-8-21-14/h3,9,12,14H,1-2,4-8,10-11H2,(H,16,19)/t14-/m1/s1. The van der Waals surface area contributed by atoms with Crippen molar-refractivity contribution in [2.75, 3.05) is 39.3 Å². The molecule has 1 N–H and O–H groups in total. The summed E-state index contributed by atoms with van der Waals surface area (Å²) in [5.41, 5.74) is 0.986. The number of carbonyl (C=O) groups excluding carboxylic acids is 1. The number of hydrogen-bond acceptors (Lipinski definition) is 4. The van der Waals surface area contributed by atoms with Crippen molar-refractivity contribution < 1.29 is 13.9 Å². The van der Waals surface area contributed by atoms with E-state index in [1.807, 2.05) is 11.0 Å². The molecule has 0 aliphatic carbocycles. The first kappa shape index (κ1) is 14.4. The number of furan rings is 1. The molecule has 1 aromatic heterocycles. The van der Waals surface area contributed by atoms with Crippen LogP contribution in [-0.2, 0) is 11.3 Å². The van der Waals surface area contributed by atoms with E-state index in [0.29, 0.717) is 12.6 Å². The quantitative estimate of drug-likeness (QED) is 0.909. The first-order valence-corrected chi connectivity index (χ1v) is 7.69. The van der Waals surface area contributed by atoms with Crippen molar-refractivity contribution in [2.24, 2.45) is 0 Å². The molecule has 2 amide bonds. The summed E-state index contributed by atoms with van der Waals surface area (Å²) in [6, 6.07) is 1.87. The number of amides is 2. The number of nitrogens with one attached hydrogen (secondary N) is 1. The van der Waals surface area contributed by atoms with Gasteiger partial charge < -0.3 is 19.4 Å². The SMILES string of the molecule is O=C(NCc1ccoc1)N1CCN(C[C@H]2CCCO2)CC1. The smallest absolute Gasteiger partial charge is 0.317 e. The number of hydrogen-bond donors (Lipinski definition) is 1. The molecule has 2 fully saturated rings. The Morgan fingerprint density at radius 2 is 2.19 bits per heavy atom. The molecule has 2 aliphatic rings. The lowest BCUT2D eigenvalue weighted by molar-refractivity contribution is 0.0561. The summed E-state index contributed by atoms with van der Waals surface area (Å²) in [6.07, 6.45) is 6.02.